The summed E-state index contributed by atoms with van der Waals surface area (Å²) in [5.41, 5.74) is 3.93. The SMILES string of the molecule is Cc1cc(C)c(CNC(C)(C)C)c(N(C)C2CCC2)n1. The molecule has 1 fully saturated rings. The normalized spacial score (nSPS) is 16.1. The lowest BCUT2D eigenvalue weighted by Gasteiger charge is -2.37. The van der Waals surface area contributed by atoms with Crippen molar-refractivity contribution in [2.45, 2.75) is 72.0 Å². The molecule has 0 spiro atoms. The Balaban J connectivity index is 2.27. The number of aryl methyl sites for hydroxylation is 2. The molecule has 20 heavy (non-hydrogen) atoms. The van der Waals surface area contributed by atoms with Crippen LogP contribution in [0.4, 0.5) is 5.82 Å². The van der Waals surface area contributed by atoms with Gasteiger partial charge in [-0.3, -0.25) is 0 Å². The van der Waals surface area contributed by atoms with E-state index in [0.29, 0.717) is 6.04 Å². The molecular formula is C17H29N3. The molecule has 1 saturated carbocycles. The van der Waals surface area contributed by atoms with Crippen molar-refractivity contribution >= 4 is 5.82 Å². The molecule has 1 heterocycles. The maximum Gasteiger partial charge on any atom is 0.133 e. The van der Waals surface area contributed by atoms with Gasteiger partial charge in [0.25, 0.3) is 0 Å². The number of pyridine rings is 1. The first kappa shape index (κ1) is 15.3. The number of nitrogens with one attached hydrogen (secondary N) is 1. The molecule has 1 aliphatic rings. The second-order valence-corrected chi connectivity index (χ2v) is 7.18. The van der Waals surface area contributed by atoms with Gasteiger partial charge in [-0.05, 0) is 65.5 Å². The largest absolute Gasteiger partial charge is 0.356 e. The van der Waals surface area contributed by atoms with Crippen LogP contribution in [0.2, 0.25) is 0 Å². The third-order valence-electron chi connectivity index (χ3n) is 4.21. The Morgan fingerprint density at radius 2 is 1.95 bits per heavy atom. The van der Waals surface area contributed by atoms with Crippen LogP contribution in [0.5, 0.6) is 0 Å². The number of aromatic nitrogens is 1. The number of hydrogen-bond donors (Lipinski definition) is 1. The molecule has 0 saturated heterocycles. The second-order valence-electron chi connectivity index (χ2n) is 7.18. The summed E-state index contributed by atoms with van der Waals surface area (Å²) in [6, 6.07) is 2.87. The lowest BCUT2D eigenvalue weighted by atomic mass is 9.91. The lowest BCUT2D eigenvalue weighted by molar-refractivity contribution is 0.395. The Labute approximate surface area is 123 Å². The third-order valence-corrected chi connectivity index (χ3v) is 4.21. The number of rotatable bonds is 4. The topological polar surface area (TPSA) is 28.2 Å². The Morgan fingerprint density at radius 1 is 1.30 bits per heavy atom. The number of hydrogen-bond acceptors (Lipinski definition) is 3. The fourth-order valence-electron chi connectivity index (χ4n) is 2.65. The van der Waals surface area contributed by atoms with E-state index in [9.17, 15) is 0 Å². The van der Waals surface area contributed by atoms with E-state index < -0.39 is 0 Å². The van der Waals surface area contributed by atoms with Crippen molar-refractivity contribution < 1.29 is 0 Å². The van der Waals surface area contributed by atoms with Gasteiger partial charge in [-0.1, -0.05) is 0 Å². The molecule has 0 amide bonds. The molecule has 0 bridgehead atoms. The Morgan fingerprint density at radius 3 is 2.45 bits per heavy atom. The molecule has 0 aromatic carbocycles. The van der Waals surface area contributed by atoms with Crippen LogP contribution in [0.25, 0.3) is 0 Å². The monoisotopic (exact) mass is 275 g/mol. The zero-order valence-corrected chi connectivity index (χ0v) is 13.9. The highest BCUT2D eigenvalue weighted by Gasteiger charge is 2.25. The summed E-state index contributed by atoms with van der Waals surface area (Å²) >= 11 is 0. The summed E-state index contributed by atoms with van der Waals surface area (Å²) in [6.07, 6.45) is 3.96. The Kier molecular flexibility index (Phi) is 4.38. The van der Waals surface area contributed by atoms with Crippen LogP contribution < -0.4 is 10.2 Å². The van der Waals surface area contributed by atoms with Gasteiger partial charge < -0.3 is 10.2 Å². The average Bonchev–Trinajstić information content (AvgIpc) is 2.22. The highest BCUT2D eigenvalue weighted by atomic mass is 15.2. The van der Waals surface area contributed by atoms with Gasteiger partial charge in [0.1, 0.15) is 5.82 Å². The molecule has 1 aromatic rings. The lowest BCUT2D eigenvalue weighted by Crippen LogP contribution is -2.40. The van der Waals surface area contributed by atoms with Crippen molar-refractivity contribution in [3.05, 3.63) is 22.9 Å². The van der Waals surface area contributed by atoms with Gasteiger partial charge in [0.15, 0.2) is 0 Å². The van der Waals surface area contributed by atoms with Crippen LogP contribution in [0.3, 0.4) is 0 Å². The summed E-state index contributed by atoms with van der Waals surface area (Å²) < 4.78 is 0. The van der Waals surface area contributed by atoms with Crippen molar-refractivity contribution in [1.82, 2.24) is 10.3 Å². The van der Waals surface area contributed by atoms with Crippen LogP contribution >= 0.6 is 0 Å². The van der Waals surface area contributed by atoms with E-state index in [1.165, 1.54) is 36.2 Å². The fourth-order valence-corrected chi connectivity index (χ4v) is 2.65. The van der Waals surface area contributed by atoms with Gasteiger partial charge in [-0.2, -0.15) is 0 Å². The van der Waals surface area contributed by atoms with Gasteiger partial charge in [-0.15, -0.1) is 0 Å². The molecule has 2 rings (SSSR count). The molecule has 0 aliphatic heterocycles. The van der Waals surface area contributed by atoms with Crippen LogP contribution in [0.1, 0.15) is 56.9 Å². The zero-order chi connectivity index (χ0) is 14.9. The first-order chi connectivity index (χ1) is 9.28. The van der Waals surface area contributed by atoms with E-state index in [1.54, 1.807) is 0 Å². The van der Waals surface area contributed by atoms with Crippen molar-refractivity contribution in [3.63, 3.8) is 0 Å². The molecule has 0 unspecified atom stereocenters. The van der Waals surface area contributed by atoms with Gasteiger partial charge in [0.2, 0.25) is 0 Å². The summed E-state index contributed by atoms with van der Waals surface area (Å²) in [5, 5.41) is 3.60. The molecule has 1 aliphatic carbocycles. The minimum Gasteiger partial charge on any atom is -0.356 e. The molecule has 0 atom stereocenters. The molecular weight excluding hydrogens is 246 g/mol. The Bertz CT molecular complexity index is 470. The number of anilines is 1. The highest BCUT2D eigenvalue weighted by molar-refractivity contribution is 5.52. The van der Waals surface area contributed by atoms with Crippen LogP contribution in [-0.2, 0) is 6.54 Å². The molecule has 1 N–H and O–H groups in total. The van der Waals surface area contributed by atoms with E-state index in [4.69, 9.17) is 4.98 Å². The number of nitrogens with zero attached hydrogens (tertiary/aromatic N) is 2. The van der Waals surface area contributed by atoms with E-state index in [-0.39, 0.29) is 5.54 Å². The highest BCUT2D eigenvalue weighted by Crippen LogP contribution is 2.30. The van der Waals surface area contributed by atoms with Gasteiger partial charge in [0, 0.05) is 36.4 Å². The maximum absolute atomic E-state index is 4.82. The van der Waals surface area contributed by atoms with Crippen LogP contribution in [0.15, 0.2) is 6.07 Å². The molecule has 112 valence electrons. The standard InChI is InChI=1S/C17H29N3/c1-12-10-13(2)19-16(20(6)14-8-7-9-14)15(12)11-18-17(3,4)5/h10,14,18H,7-9,11H2,1-6H3. The first-order valence-electron chi connectivity index (χ1n) is 7.73. The van der Waals surface area contributed by atoms with Gasteiger partial charge in [0.05, 0.1) is 0 Å². The average molecular weight is 275 g/mol. The van der Waals surface area contributed by atoms with Crippen molar-refractivity contribution in [2.24, 2.45) is 0 Å². The van der Waals surface area contributed by atoms with Crippen LogP contribution in [0, 0.1) is 13.8 Å². The summed E-state index contributed by atoms with van der Waals surface area (Å²) in [4.78, 5) is 7.22. The van der Waals surface area contributed by atoms with E-state index in [1.807, 2.05) is 0 Å². The van der Waals surface area contributed by atoms with Crippen LogP contribution in [-0.4, -0.2) is 23.6 Å². The van der Waals surface area contributed by atoms with Gasteiger partial charge in [-0.25, -0.2) is 4.98 Å². The summed E-state index contributed by atoms with van der Waals surface area (Å²) in [6.45, 7) is 11.8. The van der Waals surface area contributed by atoms with Gasteiger partial charge >= 0.3 is 0 Å². The quantitative estimate of drug-likeness (QED) is 0.910. The van der Waals surface area contributed by atoms with Crippen molar-refractivity contribution in [2.75, 3.05) is 11.9 Å². The fraction of sp³-hybridized carbons (Fsp3) is 0.706. The van der Waals surface area contributed by atoms with Crippen molar-refractivity contribution in [1.29, 1.82) is 0 Å². The second kappa shape index (κ2) is 5.72. The molecule has 0 radical (unpaired) electrons. The van der Waals surface area contributed by atoms with E-state index in [2.05, 4.69) is 57.9 Å². The zero-order valence-electron chi connectivity index (χ0n) is 13.9. The first-order valence-corrected chi connectivity index (χ1v) is 7.73. The predicted octanol–water partition coefficient (Wildman–Crippen LogP) is 3.58. The summed E-state index contributed by atoms with van der Waals surface area (Å²) in [5.74, 6) is 1.17. The minimum atomic E-state index is 0.129. The van der Waals surface area contributed by atoms with E-state index in [0.717, 1.165) is 12.2 Å². The third kappa shape index (κ3) is 3.51. The molecule has 1 aromatic heterocycles. The molecule has 3 heteroatoms. The minimum absolute atomic E-state index is 0.129. The predicted molar refractivity (Wildman–Crippen MR) is 86.3 cm³/mol. The van der Waals surface area contributed by atoms with Crippen molar-refractivity contribution in [3.8, 4) is 0 Å². The van der Waals surface area contributed by atoms with E-state index >= 15 is 0 Å². The Hall–Kier alpha value is -1.09. The maximum atomic E-state index is 4.82. The summed E-state index contributed by atoms with van der Waals surface area (Å²) in [7, 11) is 2.20. The molecule has 3 nitrogen and oxygen atoms in total. The smallest absolute Gasteiger partial charge is 0.133 e.